The van der Waals surface area contributed by atoms with Gasteiger partial charge in [-0.15, -0.1) is 11.3 Å². The summed E-state index contributed by atoms with van der Waals surface area (Å²) in [7, 11) is -2.69. The Bertz CT molecular complexity index is 737. The summed E-state index contributed by atoms with van der Waals surface area (Å²) in [4.78, 5) is 15.2. The summed E-state index contributed by atoms with van der Waals surface area (Å²) in [6.07, 6.45) is 0. The first-order valence-electron chi connectivity index (χ1n) is 5.55. The van der Waals surface area contributed by atoms with E-state index in [9.17, 15) is 13.2 Å². The Balaban J connectivity index is 2.36. The molecule has 0 unspecified atom stereocenters. The van der Waals surface area contributed by atoms with Gasteiger partial charge in [0.15, 0.2) is 9.90 Å². The Morgan fingerprint density at radius 3 is 2.80 bits per heavy atom. The number of benzene rings is 1. The molecule has 0 saturated heterocycles. The number of carbonyl (C=O) groups is 1. The lowest BCUT2D eigenvalue weighted by Gasteiger charge is -2.07. The zero-order valence-electron chi connectivity index (χ0n) is 10.8. The van der Waals surface area contributed by atoms with Crippen molar-refractivity contribution in [3.05, 3.63) is 41.0 Å². The first kappa shape index (κ1) is 14.5. The van der Waals surface area contributed by atoms with Gasteiger partial charge in [-0.1, -0.05) is 12.1 Å². The van der Waals surface area contributed by atoms with Gasteiger partial charge < -0.3 is 4.74 Å². The molecule has 8 heteroatoms. The van der Waals surface area contributed by atoms with Gasteiger partial charge in [0.05, 0.1) is 12.6 Å². The highest BCUT2D eigenvalue weighted by molar-refractivity contribution is 7.94. The quantitative estimate of drug-likeness (QED) is 0.873. The fourth-order valence-electron chi connectivity index (χ4n) is 1.57. The zero-order valence-corrected chi connectivity index (χ0v) is 12.4. The van der Waals surface area contributed by atoms with Crippen LogP contribution in [0.2, 0.25) is 0 Å². The highest BCUT2D eigenvalue weighted by Gasteiger charge is 2.26. The molecule has 6 nitrogen and oxygen atoms in total. The van der Waals surface area contributed by atoms with Crippen molar-refractivity contribution < 1.29 is 17.9 Å². The molecule has 0 spiro atoms. The summed E-state index contributed by atoms with van der Waals surface area (Å²) in [5.74, 6) is -0.782. The van der Waals surface area contributed by atoms with Gasteiger partial charge in [-0.25, -0.2) is 18.2 Å². The standard InChI is InChI=1S/C12H12N2O4S2/c1-8-4-3-5-9(6-8)14-20(16,17)12-10(11(15)18-2)13-7-19-12/h3-7,14H,1-2H3. The first-order valence-corrected chi connectivity index (χ1v) is 7.91. The maximum absolute atomic E-state index is 12.3. The van der Waals surface area contributed by atoms with E-state index in [1.54, 1.807) is 18.2 Å². The second-order valence-electron chi connectivity index (χ2n) is 3.95. The number of hydrogen-bond donors (Lipinski definition) is 1. The van der Waals surface area contributed by atoms with Crippen LogP contribution in [-0.4, -0.2) is 26.5 Å². The molecule has 0 bridgehead atoms. The molecule has 0 fully saturated rings. The van der Waals surface area contributed by atoms with Gasteiger partial charge in [-0.05, 0) is 24.6 Å². The monoisotopic (exact) mass is 312 g/mol. The first-order chi connectivity index (χ1) is 9.44. The van der Waals surface area contributed by atoms with E-state index < -0.39 is 16.0 Å². The molecular formula is C12H12N2O4S2. The van der Waals surface area contributed by atoms with Crippen LogP contribution in [-0.2, 0) is 14.8 Å². The molecule has 0 aliphatic rings. The Hall–Kier alpha value is -1.93. The molecular weight excluding hydrogens is 300 g/mol. The third kappa shape index (κ3) is 2.97. The van der Waals surface area contributed by atoms with Crippen molar-refractivity contribution in [1.29, 1.82) is 0 Å². The van der Waals surface area contributed by atoms with Crippen LogP contribution in [0.25, 0.3) is 0 Å². The molecule has 0 radical (unpaired) electrons. The number of hydrogen-bond acceptors (Lipinski definition) is 6. The van der Waals surface area contributed by atoms with Crippen molar-refractivity contribution in [2.24, 2.45) is 0 Å². The van der Waals surface area contributed by atoms with Crippen molar-refractivity contribution in [3.63, 3.8) is 0 Å². The fourth-order valence-corrected chi connectivity index (χ4v) is 3.75. The molecule has 0 amide bonds. The Morgan fingerprint density at radius 1 is 1.40 bits per heavy atom. The van der Waals surface area contributed by atoms with Crippen molar-refractivity contribution in [3.8, 4) is 0 Å². The molecule has 1 N–H and O–H groups in total. The number of methoxy groups -OCH3 is 1. The molecule has 1 aromatic carbocycles. The molecule has 0 aliphatic carbocycles. The lowest BCUT2D eigenvalue weighted by molar-refractivity contribution is 0.0590. The summed E-state index contributed by atoms with van der Waals surface area (Å²) in [5, 5.41) is 0. The van der Waals surface area contributed by atoms with E-state index in [0.717, 1.165) is 16.9 Å². The molecule has 106 valence electrons. The van der Waals surface area contributed by atoms with Crippen LogP contribution in [0.1, 0.15) is 16.1 Å². The second kappa shape index (κ2) is 5.59. The van der Waals surface area contributed by atoms with Crippen LogP contribution in [0.15, 0.2) is 34.0 Å². The van der Waals surface area contributed by atoms with Gasteiger partial charge in [0.25, 0.3) is 10.0 Å². The van der Waals surface area contributed by atoms with E-state index >= 15 is 0 Å². The van der Waals surface area contributed by atoms with E-state index in [2.05, 4.69) is 14.4 Å². The SMILES string of the molecule is COC(=O)c1ncsc1S(=O)(=O)Nc1cccc(C)c1. The lowest BCUT2D eigenvalue weighted by Crippen LogP contribution is -2.16. The van der Waals surface area contributed by atoms with Crippen LogP contribution >= 0.6 is 11.3 Å². The number of nitrogens with one attached hydrogen (secondary N) is 1. The average Bonchev–Trinajstić information content (AvgIpc) is 2.87. The molecule has 1 heterocycles. The molecule has 0 atom stereocenters. The summed E-state index contributed by atoms with van der Waals surface area (Å²) in [6, 6.07) is 6.91. The van der Waals surface area contributed by atoms with E-state index in [0.29, 0.717) is 5.69 Å². The highest BCUT2D eigenvalue weighted by atomic mass is 32.2. The van der Waals surface area contributed by atoms with Gasteiger partial charge in [-0.3, -0.25) is 4.72 Å². The van der Waals surface area contributed by atoms with Crippen LogP contribution < -0.4 is 4.72 Å². The number of thiazole rings is 1. The van der Waals surface area contributed by atoms with Crippen LogP contribution in [0.5, 0.6) is 0 Å². The minimum atomic E-state index is -3.87. The number of nitrogens with zero attached hydrogens (tertiary/aromatic N) is 1. The molecule has 2 aromatic rings. The van der Waals surface area contributed by atoms with Gasteiger partial charge in [0.2, 0.25) is 0 Å². The van der Waals surface area contributed by atoms with E-state index in [4.69, 9.17) is 0 Å². The number of ether oxygens (including phenoxy) is 1. The van der Waals surface area contributed by atoms with Crippen LogP contribution in [0, 0.1) is 6.92 Å². The predicted octanol–water partition coefficient (Wildman–Crippen LogP) is 2.04. The smallest absolute Gasteiger partial charge is 0.358 e. The van der Waals surface area contributed by atoms with E-state index in [-0.39, 0.29) is 9.90 Å². The number of sulfonamides is 1. The number of aryl methyl sites for hydroxylation is 1. The van der Waals surface area contributed by atoms with Crippen molar-refractivity contribution in [2.75, 3.05) is 11.8 Å². The molecule has 0 saturated carbocycles. The minimum Gasteiger partial charge on any atom is -0.464 e. The Morgan fingerprint density at radius 2 is 2.15 bits per heavy atom. The maximum atomic E-state index is 12.3. The second-order valence-corrected chi connectivity index (χ2v) is 6.69. The third-order valence-corrected chi connectivity index (χ3v) is 5.18. The highest BCUT2D eigenvalue weighted by Crippen LogP contribution is 2.24. The number of carbonyl (C=O) groups excluding carboxylic acids is 1. The summed E-state index contributed by atoms with van der Waals surface area (Å²) >= 11 is 0.861. The Kier molecular flexibility index (Phi) is 4.05. The van der Waals surface area contributed by atoms with Gasteiger partial charge >= 0.3 is 5.97 Å². The van der Waals surface area contributed by atoms with Crippen molar-refractivity contribution >= 4 is 33.0 Å². The third-order valence-electron chi connectivity index (χ3n) is 2.43. The summed E-state index contributed by atoms with van der Waals surface area (Å²) in [5.41, 5.74) is 2.42. The molecule has 2 rings (SSSR count). The van der Waals surface area contributed by atoms with Gasteiger partial charge in [0.1, 0.15) is 0 Å². The largest absolute Gasteiger partial charge is 0.464 e. The molecule has 0 aliphatic heterocycles. The number of anilines is 1. The molecule has 20 heavy (non-hydrogen) atoms. The van der Waals surface area contributed by atoms with Crippen LogP contribution in [0.4, 0.5) is 5.69 Å². The normalized spacial score (nSPS) is 11.1. The van der Waals surface area contributed by atoms with Crippen molar-refractivity contribution in [1.82, 2.24) is 4.98 Å². The number of aromatic nitrogens is 1. The van der Waals surface area contributed by atoms with E-state index in [1.165, 1.54) is 12.6 Å². The topological polar surface area (TPSA) is 85.4 Å². The van der Waals surface area contributed by atoms with E-state index in [1.807, 2.05) is 13.0 Å². The maximum Gasteiger partial charge on any atom is 0.358 e. The molecule has 1 aromatic heterocycles. The number of rotatable bonds is 4. The van der Waals surface area contributed by atoms with Gasteiger partial charge in [-0.2, -0.15) is 0 Å². The predicted molar refractivity (Wildman–Crippen MR) is 75.4 cm³/mol. The van der Waals surface area contributed by atoms with Gasteiger partial charge in [0, 0.05) is 5.69 Å². The lowest BCUT2D eigenvalue weighted by atomic mass is 10.2. The summed E-state index contributed by atoms with van der Waals surface area (Å²) in [6.45, 7) is 1.85. The summed E-state index contributed by atoms with van der Waals surface area (Å²) < 4.78 is 31.3. The van der Waals surface area contributed by atoms with Crippen LogP contribution in [0.3, 0.4) is 0 Å². The average molecular weight is 312 g/mol. The zero-order chi connectivity index (χ0) is 14.8. The number of esters is 1. The fraction of sp³-hybridized carbons (Fsp3) is 0.167. The minimum absolute atomic E-state index is 0.161. The van der Waals surface area contributed by atoms with Crippen molar-refractivity contribution in [2.45, 2.75) is 11.1 Å². The Labute approximate surface area is 120 Å².